The Kier molecular flexibility index (Phi) is 6.08. The third-order valence-corrected chi connectivity index (χ3v) is 6.50. The van der Waals surface area contributed by atoms with E-state index >= 15 is 0 Å². The molecule has 130 valence electrons. The number of rotatable bonds is 4. The summed E-state index contributed by atoms with van der Waals surface area (Å²) in [6, 6.07) is 8.62. The molecule has 0 aliphatic carbocycles. The van der Waals surface area contributed by atoms with Crippen LogP contribution in [0.15, 0.2) is 29.2 Å². The molecule has 7 heteroatoms. The maximum Gasteiger partial charge on any atom is 0.242 e. The Morgan fingerprint density at radius 2 is 1.96 bits per heavy atom. The minimum Gasteiger partial charge on any atom is -0.310 e. The van der Waals surface area contributed by atoms with Crippen LogP contribution in [-0.2, 0) is 16.6 Å². The van der Waals surface area contributed by atoms with E-state index in [0.717, 1.165) is 25.2 Å². The number of hydrogen-bond donors (Lipinski definition) is 1. The van der Waals surface area contributed by atoms with Crippen LogP contribution in [0, 0.1) is 0 Å². The van der Waals surface area contributed by atoms with Crippen molar-refractivity contribution in [2.24, 2.45) is 0 Å². The number of nitrogens with one attached hydrogen (secondary N) is 1. The van der Waals surface area contributed by atoms with Gasteiger partial charge in [0.25, 0.3) is 0 Å². The topological polar surface area (TPSA) is 52.7 Å². The van der Waals surface area contributed by atoms with Gasteiger partial charge in [-0.15, -0.1) is 12.4 Å². The van der Waals surface area contributed by atoms with E-state index in [4.69, 9.17) is 0 Å². The third-order valence-electron chi connectivity index (χ3n) is 4.69. The first-order chi connectivity index (χ1) is 10.4. The monoisotopic (exact) mass is 359 g/mol. The van der Waals surface area contributed by atoms with Crippen molar-refractivity contribution in [3.8, 4) is 0 Å². The van der Waals surface area contributed by atoms with E-state index in [1.165, 1.54) is 23.6 Å². The minimum absolute atomic E-state index is 0. The molecule has 1 N–H and O–H groups in total. The summed E-state index contributed by atoms with van der Waals surface area (Å²) in [4.78, 5) is 2.82. The third kappa shape index (κ3) is 4.25. The summed E-state index contributed by atoms with van der Waals surface area (Å²) in [5.41, 5.74) is 1.07. The van der Waals surface area contributed by atoms with Crippen LogP contribution in [0.1, 0.15) is 24.8 Å². The van der Waals surface area contributed by atoms with Gasteiger partial charge in [0.15, 0.2) is 0 Å². The molecule has 2 aliphatic rings. The lowest BCUT2D eigenvalue weighted by Crippen LogP contribution is -2.35. The van der Waals surface area contributed by atoms with Crippen LogP contribution in [-0.4, -0.2) is 56.9 Å². The molecule has 5 nitrogen and oxygen atoms in total. The first kappa shape index (κ1) is 18.7. The Bertz CT molecular complexity index is 636. The molecule has 2 atom stereocenters. The lowest BCUT2D eigenvalue weighted by atomic mass is 10.1. The highest BCUT2D eigenvalue weighted by molar-refractivity contribution is 7.89. The van der Waals surface area contributed by atoms with Gasteiger partial charge in [-0.3, -0.25) is 4.90 Å². The van der Waals surface area contributed by atoms with Gasteiger partial charge in [0.2, 0.25) is 10.0 Å². The van der Waals surface area contributed by atoms with E-state index in [-0.39, 0.29) is 12.4 Å². The van der Waals surface area contributed by atoms with E-state index in [1.54, 1.807) is 20.2 Å². The highest BCUT2D eigenvalue weighted by Crippen LogP contribution is 2.22. The fourth-order valence-electron chi connectivity index (χ4n) is 3.43. The number of fused-ring (bicyclic) bond motifs is 2. The number of sulfonamides is 1. The smallest absolute Gasteiger partial charge is 0.242 e. The van der Waals surface area contributed by atoms with Crippen molar-refractivity contribution in [2.75, 3.05) is 27.2 Å². The zero-order valence-corrected chi connectivity index (χ0v) is 15.4. The van der Waals surface area contributed by atoms with Crippen molar-refractivity contribution in [1.29, 1.82) is 0 Å². The first-order valence-corrected chi connectivity index (χ1v) is 9.39. The molecule has 23 heavy (non-hydrogen) atoms. The number of halogens is 1. The maximum atomic E-state index is 12.2. The SMILES string of the molecule is CN(C)S(=O)(=O)c1cccc(CN2CCC3CCC(C2)N3)c1.Cl. The zero-order chi connectivity index (χ0) is 15.7. The molecule has 0 aromatic heterocycles. The summed E-state index contributed by atoms with van der Waals surface area (Å²) in [5.74, 6) is 0. The average Bonchev–Trinajstić information content (AvgIpc) is 2.82. The molecule has 0 amide bonds. The predicted molar refractivity (Wildman–Crippen MR) is 94.4 cm³/mol. The summed E-state index contributed by atoms with van der Waals surface area (Å²) in [5, 5.41) is 3.67. The Balaban J connectivity index is 0.00000192. The molecule has 2 fully saturated rings. The zero-order valence-electron chi connectivity index (χ0n) is 13.7. The molecule has 1 aromatic rings. The molecule has 2 heterocycles. The normalized spacial score (nSPS) is 25.2. The average molecular weight is 360 g/mol. The van der Waals surface area contributed by atoms with Crippen molar-refractivity contribution < 1.29 is 8.42 Å². The molecule has 1 aromatic carbocycles. The molecule has 3 rings (SSSR count). The summed E-state index contributed by atoms with van der Waals surface area (Å²) < 4.78 is 25.7. The van der Waals surface area contributed by atoms with E-state index < -0.39 is 10.0 Å². The number of likely N-dealkylation sites (tertiary alicyclic amines) is 1. The van der Waals surface area contributed by atoms with Crippen molar-refractivity contribution in [2.45, 2.75) is 42.8 Å². The molecule has 2 saturated heterocycles. The maximum absolute atomic E-state index is 12.2. The van der Waals surface area contributed by atoms with Gasteiger partial charge < -0.3 is 5.32 Å². The second kappa shape index (κ2) is 7.49. The van der Waals surface area contributed by atoms with Crippen molar-refractivity contribution in [1.82, 2.24) is 14.5 Å². The standard InChI is InChI=1S/C16H25N3O2S.ClH/c1-18(2)22(20,21)16-5-3-4-13(10-16)11-19-9-8-14-6-7-15(12-19)17-14;/h3-5,10,14-15,17H,6-9,11-12H2,1-2H3;1H. The fraction of sp³-hybridized carbons (Fsp3) is 0.625. The highest BCUT2D eigenvalue weighted by Gasteiger charge is 2.29. The Morgan fingerprint density at radius 3 is 2.70 bits per heavy atom. The quantitative estimate of drug-likeness (QED) is 0.888. The molecule has 2 bridgehead atoms. The number of benzene rings is 1. The van der Waals surface area contributed by atoms with Crippen LogP contribution in [0.25, 0.3) is 0 Å². The van der Waals surface area contributed by atoms with Gasteiger partial charge in [-0.05, 0) is 37.0 Å². The lowest BCUT2D eigenvalue weighted by molar-refractivity contribution is 0.251. The number of hydrogen-bond acceptors (Lipinski definition) is 4. The van der Waals surface area contributed by atoms with Crippen LogP contribution >= 0.6 is 12.4 Å². The second-order valence-corrected chi connectivity index (χ2v) is 8.75. The summed E-state index contributed by atoms with van der Waals surface area (Å²) in [6.07, 6.45) is 3.75. The molecule has 0 spiro atoms. The Labute approximate surface area is 145 Å². The molecule has 0 saturated carbocycles. The van der Waals surface area contributed by atoms with Crippen molar-refractivity contribution in [3.05, 3.63) is 29.8 Å². The summed E-state index contributed by atoms with van der Waals surface area (Å²) >= 11 is 0. The lowest BCUT2D eigenvalue weighted by Gasteiger charge is -2.24. The predicted octanol–water partition coefficient (Wildman–Crippen LogP) is 1.69. The van der Waals surface area contributed by atoms with Gasteiger partial charge in [-0.2, -0.15) is 0 Å². The van der Waals surface area contributed by atoms with Gasteiger partial charge in [0.1, 0.15) is 0 Å². The second-order valence-electron chi connectivity index (χ2n) is 6.60. The van der Waals surface area contributed by atoms with Gasteiger partial charge >= 0.3 is 0 Å². The summed E-state index contributed by atoms with van der Waals surface area (Å²) in [7, 11) is -0.216. The van der Waals surface area contributed by atoms with Crippen LogP contribution < -0.4 is 5.32 Å². The Morgan fingerprint density at radius 1 is 1.22 bits per heavy atom. The molecule has 2 unspecified atom stereocenters. The first-order valence-electron chi connectivity index (χ1n) is 7.95. The van der Waals surface area contributed by atoms with Crippen molar-refractivity contribution in [3.63, 3.8) is 0 Å². The van der Waals surface area contributed by atoms with Gasteiger partial charge in [-0.25, -0.2) is 12.7 Å². The van der Waals surface area contributed by atoms with E-state index in [9.17, 15) is 8.42 Å². The molecule has 0 radical (unpaired) electrons. The van der Waals surface area contributed by atoms with Gasteiger partial charge in [-0.1, -0.05) is 12.1 Å². The van der Waals surface area contributed by atoms with E-state index in [1.807, 2.05) is 18.2 Å². The molecular formula is C16H26ClN3O2S. The number of nitrogens with zero attached hydrogens (tertiary/aromatic N) is 2. The minimum atomic E-state index is -3.35. The largest absolute Gasteiger partial charge is 0.310 e. The van der Waals surface area contributed by atoms with Crippen LogP contribution in [0.3, 0.4) is 0 Å². The van der Waals surface area contributed by atoms with Crippen LogP contribution in [0.2, 0.25) is 0 Å². The van der Waals surface area contributed by atoms with Crippen LogP contribution in [0.5, 0.6) is 0 Å². The van der Waals surface area contributed by atoms with Crippen LogP contribution in [0.4, 0.5) is 0 Å². The van der Waals surface area contributed by atoms with E-state index in [2.05, 4.69) is 10.2 Å². The highest BCUT2D eigenvalue weighted by atomic mass is 35.5. The Hall–Kier alpha value is -0.660. The fourth-order valence-corrected chi connectivity index (χ4v) is 4.40. The van der Waals surface area contributed by atoms with Gasteiger partial charge in [0.05, 0.1) is 4.90 Å². The molecular weight excluding hydrogens is 334 g/mol. The van der Waals surface area contributed by atoms with E-state index in [0.29, 0.717) is 17.0 Å². The van der Waals surface area contributed by atoms with Crippen molar-refractivity contribution >= 4 is 22.4 Å². The summed E-state index contributed by atoms with van der Waals surface area (Å²) in [6.45, 7) is 2.96. The van der Waals surface area contributed by atoms with Gasteiger partial charge in [0, 0.05) is 45.8 Å². The molecule has 2 aliphatic heterocycles.